The standard InChI is InChI=1S/C18H27N/c1-13-9-10-18(16-8-6-5-7-15(13)16)11-14(18)12-19-17(2,3)4/h5-8,13-14,19H,9-12H2,1-4H3. The summed E-state index contributed by atoms with van der Waals surface area (Å²) in [6.45, 7) is 10.3. The summed E-state index contributed by atoms with van der Waals surface area (Å²) in [5.74, 6) is 1.60. The lowest BCUT2D eigenvalue weighted by Crippen LogP contribution is -2.38. The smallest absolute Gasteiger partial charge is 0.00966 e. The molecule has 0 amide bonds. The molecule has 3 unspecified atom stereocenters. The first kappa shape index (κ1) is 13.2. The fourth-order valence-corrected chi connectivity index (χ4v) is 3.86. The van der Waals surface area contributed by atoms with Gasteiger partial charge >= 0.3 is 0 Å². The Morgan fingerprint density at radius 2 is 2.00 bits per heavy atom. The van der Waals surface area contributed by atoms with Crippen LogP contribution in [0.4, 0.5) is 0 Å². The van der Waals surface area contributed by atoms with Crippen molar-refractivity contribution in [2.24, 2.45) is 5.92 Å². The van der Waals surface area contributed by atoms with Crippen molar-refractivity contribution >= 4 is 0 Å². The van der Waals surface area contributed by atoms with E-state index in [-0.39, 0.29) is 5.54 Å². The molecule has 1 nitrogen and oxygen atoms in total. The van der Waals surface area contributed by atoms with Gasteiger partial charge in [0.15, 0.2) is 0 Å². The highest BCUT2D eigenvalue weighted by atomic mass is 15.0. The third-order valence-corrected chi connectivity index (χ3v) is 5.16. The third kappa shape index (κ3) is 2.33. The number of hydrogen-bond acceptors (Lipinski definition) is 1. The van der Waals surface area contributed by atoms with E-state index in [1.54, 1.807) is 11.1 Å². The van der Waals surface area contributed by atoms with E-state index in [9.17, 15) is 0 Å². The van der Waals surface area contributed by atoms with E-state index in [1.807, 2.05) is 0 Å². The van der Waals surface area contributed by atoms with Crippen LogP contribution < -0.4 is 5.32 Å². The zero-order valence-electron chi connectivity index (χ0n) is 12.8. The molecular weight excluding hydrogens is 230 g/mol. The molecule has 0 aliphatic heterocycles. The van der Waals surface area contributed by atoms with Crippen molar-refractivity contribution < 1.29 is 0 Å². The molecule has 2 aliphatic rings. The van der Waals surface area contributed by atoms with Crippen LogP contribution >= 0.6 is 0 Å². The quantitative estimate of drug-likeness (QED) is 0.836. The Morgan fingerprint density at radius 3 is 2.74 bits per heavy atom. The molecule has 19 heavy (non-hydrogen) atoms. The van der Waals surface area contributed by atoms with Crippen LogP contribution in [-0.2, 0) is 5.41 Å². The third-order valence-electron chi connectivity index (χ3n) is 5.16. The van der Waals surface area contributed by atoms with E-state index in [2.05, 4.69) is 57.3 Å². The first-order valence-corrected chi connectivity index (χ1v) is 7.77. The highest BCUT2D eigenvalue weighted by Gasteiger charge is 2.56. The Bertz CT molecular complexity index is 471. The van der Waals surface area contributed by atoms with Gasteiger partial charge in [0.25, 0.3) is 0 Å². The lowest BCUT2D eigenvalue weighted by atomic mass is 9.74. The van der Waals surface area contributed by atoms with Gasteiger partial charge in [-0.25, -0.2) is 0 Å². The van der Waals surface area contributed by atoms with Gasteiger partial charge in [0.1, 0.15) is 0 Å². The predicted molar refractivity (Wildman–Crippen MR) is 81.6 cm³/mol. The topological polar surface area (TPSA) is 12.0 Å². The average molecular weight is 257 g/mol. The van der Waals surface area contributed by atoms with Crippen molar-refractivity contribution in [1.82, 2.24) is 5.32 Å². The van der Waals surface area contributed by atoms with Crippen molar-refractivity contribution in [2.45, 2.75) is 63.8 Å². The number of benzene rings is 1. The van der Waals surface area contributed by atoms with E-state index >= 15 is 0 Å². The molecule has 3 rings (SSSR count). The molecular formula is C18H27N. The molecule has 1 N–H and O–H groups in total. The van der Waals surface area contributed by atoms with E-state index in [4.69, 9.17) is 0 Å². The zero-order chi connectivity index (χ0) is 13.7. The molecule has 1 fully saturated rings. The highest BCUT2D eigenvalue weighted by molar-refractivity contribution is 5.44. The summed E-state index contributed by atoms with van der Waals surface area (Å²) in [5.41, 5.74) is 4.04. The Balaban J connectivity index is 1.79. The summed E-state index contributed by atoms with van der Waals surface area (Å²) in [6, 6.07) is 9.18. The largest absolute Gasteiger partial charge is 0.312 e. The summed E-state index contributed by atoms with van der Waals surface area (Å²) >= 11 is 0. The maximum absolute atomic E-state index is 3.70. The van der Waals surface area contributed by atoms with Gasteiger partial charge in [-0.3, -0.25) is 0 Å². The van der Waals surface area contributed by atoms with Crippen LogP contribution in [-0.4, -0.2) is 12.1 Å². The molecule has 3 atom stereocenters. The van der Waals surface area contributed by atoms with Crippen molar-refractivity contribution in [3.8, 4) is 0 Å². The summed E-state index contributed by atoms with van der Waals surface area (Å²) in [6.07, 6.45) is 4.14. The molecule has 1 spiro atoms. The van der Waals surface area contributed by atoms with Crippen molar-refractivity contribution in [2.75, 3.05) is 6.54 Å². The van der Waals surface area contributed by atoms with Crippen molar-refractivity contribution in [3.63, 3.8) is 0 Å². The fraction of sp³-hybridized carbons (Fsp3) is 0.667. The minimum Gasteiger partial charge on any atom is -0.312 e. The van der Waals surface area contributed by atoms with Crippen LogP contribution in [0.15, 0.2) is 24.3 Å². The molecule has 1 aromatic rings. The summed E-state index contributed by atoms with van der Waals surface area (Å²) < 4.78 is 0. The number of rotatable bonds is 2. The monoisotopic (exact) mass is 257 g/mol. The molecule has 0 heterocycles. The van der Waals surface area contributed by atoms with Crippen LogP contribution in [0.5, 0.6) is 0 Å². The van der Waals surface area contributed by atoms with Crippen LogP contribution in [0.3, 0.4) is 0 Å². The van der Waals surface area contributed by atoms with Gasteiger partial charge < -0.3 is 5.32 Å². The van der Waals surface area contributed by atoms with Crippen molar-refractivity contribution in [1.29, 1.82) is 0 Å². The Labute approximate surface area is 117 Å². The van der Waals surface area contributed by atoms with Gasteiger partial charge in [-0.05, 0) is 69.5 Å². The second-order valence-electron chi connectivity index (χ2n) is 7.72. The molecule has 1 saturated carbocycles. The Hall–Kier alpha value is -0.820. The van der Waals surface area contributed by atoms with E-state index in [0.717, 1.165) is 11.8 Å². The zero-order valence-corrected chi connectivity index (χ0v) is 12.8. The molecule has 0 saturated heterocycles. The second-order valence-corrected chi connectivity index (χ2v) is 7.72. The molecule has 1 aromatic carbocycles. The minimum atomic E-state index is 0.241. The Kier molecular flexibility index (Phi) is 3.01. The van der Waals surface area contributed by atoms with Crippen LogP contribution in [0, 0.1) is 5.92 Å². The molecule has 1 heteroatoms. The highest BCUT2D eigenvalue weighted by Crippen LogP contribution is 2.61. The fourth-order valence-electron chi connectivity index (χ4n) is 3.86. The van der Waals surface area contributed by atoms with Crippen molar-refractivity contribution in [3.05, 3.63) is 35.4 Å². The number of nitrogens with one attached hydrogen (secondary N) is 1. The summed E-state index contributed by atoms with van der Waals surface area (Å²) in [4.78, 5) is 0. The number of hydrogen-bond donors (Lipinski definition) is 1. The lowest BCUT2D eigenvalue weighted by molar-refractivity contribution is 0.387. The maximum atomic E-state index is 3.70. The van der Waals surface area contributed by atoms with E-state index < -0.39 is 0 Å². The molecule has 2 aliphatic carbocycles. The van der Waals surface area contributed by atoms with Gasteiger partial charge in [-0.2, -0.15) is 0 Å². The number of fused-ring (bicyclic) bond motifs is 2. The first-order chi connectivity index (χ1) is 8.92. The maximum Gasteiger partial charge on any atom is 0.00966 e. The average Bonchev–Trinajstić information content (AvgIpc) is 3.06. The summed E-state index contributed by atoms with van der Waals surface area (Å²) in [7, 11) is 0. The molecule has 0 radical (unpaired) electrons. The van der Waals surface area contributed by atoms with Crippen LogP contribution in [0.2, 0.25) is 0 Å². The van der Waals surface area contributed by atoms with Gasteiger partial charge in [-0.1, -0.05) is 31.2 Å². The second kappa shape index (κ2) is 4.34. The van der Waals surface area contributed by atoms with Gasteiger partial charge in [-0.15, -0.1) is 0 Å². The van der Waals surface area contributed by atoms with Gasteiger partial charge in [0.05, 0.1) is 0 Å². The minimum absolute atomic E-state index is 0.241. The van der Waals surface area contributed by atoms with Gasteiger partial charge in [0, 0.05) is 11.0 Å². The van der Waals surface area contributed by atoms with Gasteiger partial charge in [0.2, 0.25) is 0 Å². The molecule has 0 bridgehead atoms. The van der Waals surface area contributed by atoms with Crippen LogP contribution in [0.1, 0.15) is 64.0 Å². The van der Waals surface area contributed by atoms with E-state index in [1.165, 1.54) is 25.8 Å². The van der Waals surface area contributed by atoms with Crippen LogP contribution in [0.25, 0.3) is 0 Å². The normalized spacial score (nSPS) is 33.3. The molecule has 0 aromatic heterocycles. The molecule has 104 valence electrons. The predicted octanol–water partition coefficient (Wildman–Crippen LogP) is 4.23. The van der Waals surface area contributed by atoms with E-state index in [0.29, 0.717) is 5.41 Å². The Morgan fingerprint density at radius 1 is 1.26 bits per heavy atom. The summed E-state index contributed by atoms with van der Waals surface area (Å²) in [5, 5.41) is 3.70. The first-order valence-electron chi connectivity index (χ1n) is 7.77. The lowest BCUT2D eigenvalue weighted by Gasteiger charge is -2.31. The SMILES string of the molecule is CC1CCC2(CC2CNC(C)(C)C)c2ccccc21.